The summed E-state index contributed by atoms with van der Waals surface area (Å²) in [5, 5.41) is 5.12. The monoisotopic (exact) mass is 473 g/mol. The van der Waals surface area contributed by atoms with Crippen LogP contribution in [0.15, 0.2) is 109 Å². The minimum atomic E-state index is -0.541. The molecule has 1 N–H and O–H groups in total. The Morgan fingerprint density at radius 1 is 1.00 bits per heavy atom. The van der Waals surface area contributed by atoms with Crippen molar-refractivity contribution in [3.05, 3.63) is 125 Å². The lowest BCUT2D eigenvalue weighted by Gasteiger charge is -2.34. The molecule has 0 aliphatic carbocycles. The van der Waals surface area contributed by atoms with Crippen LogP contribution in [0.5, 0.6) is 5.75 Å². The number of aromatic nitrogens is 1. The van der Waals surface area contributed by atoms with Gasteiger partial charge in [-0.25, -0.2) is 4.98 Å². The molecule has 1 amide bonds. The summed E-state index contributed by atoms with van der Waals surface area (Å²) in [6.07, 6.45) is 4.85. The third kappa shape index (κ3) is 3.82. The lowest BCUT2D eigenvalue weighted by Crippen LogP contribution is -2.39. The van der Waals surface area contributed by atoms with Crippen molar-refractivity contribution >= 4 is 28.3 Å². The fourth-order valence-corrected chi connectivity index (χ4v) is 4.65. The maximum absolute atomic E-state index is 13.3. The predicted octanol–water partition coefficient (Wildman–Crippen LogP) is 5.20. The number of carbonyl (C=O) groups excluding carboxylic acids is 2. The fourth-order valence-electron chi connectivity index (χ4n) is 4.65. The number of nitrogens with one attached hydrogen (secondary N) is 1. The number of fused-ring (bicyclic) bond motifs is 3. The number of ketones is 1. The molecule has 0 spiro atoms. The number of amides is 1. The number of pyridine rings is 1. The number of ether oxygens (including phenoxy) is 1. The number of anilines is 1. The Hall–Kier alpha value is -4.71. The molecule has 0 bridgehead atoms. The van der Waals surface area contributed by atoms with Crippen molar-refractivity contribution < 1.29 is 14.3 Å². The molecule has 1 aromatic heterocycles. The molecule has 0 saturated heterocycles. The van der Waals surface area contributed by atoms with Gasteiger partial charge in [0.1, 0.15) is 17.7 Å². The first-order chi connectivity index (χ1) is 17.6. The Morgan fingerprint density at radius 3 is 2.67 bits per heavy atom. The van der Waals surface area contributed by atoms with Crippen LogP contribution in [0.1, 0.15) is 26.3 Å². The molecule has 3 aromatic carbocycles. The van der Waals surface area contributed by atoms with Crippen molar-refractivity contribution in [2.75, 3.05) is 11.4 Å². The average molecular weight is 474 g/mol. The Kier molecular flexibility index (Phi) is 5.34. The van der Waals surface area contributed by atoms with Crippen LogP contribution >= 0.6 is 0 Å². The summed E-state index contributed by atoms with van der Waals surface area (Å²) in [7, 11) is 0. The molecule has 0 radical (unpaired) electrons. The van der Waals surface area contributed by atoms with Gasteiger partial charge in [-0.3, -0.25) is 9.59 Å². The second kappa shape index (κ2) is 8.82. The summed E-state index contributed by atoms with van der Waals surface area (Å²) in [5.41, 5.74) is 3.37. The lowest BCUT2D eigenvalue weighted by atomic mass is 9.93. The van der Waals surface area contributed by atoms with Gasteiger partial charge in [0.25, 0.3) is 5.91 Å². The molecular formula is C30H23N3O3. The molecule has 6 nitrogen and oxygen atoms in total. The number of nitrogens with zero attached hydrogens (tertiary/aromatic N) is 2. The first-order valence-electron chi connectivity index (χ1n) is 11.8. The van der Waals surface area contributed by atoms with Crippen LogP contribution in [-0.2, 0) is 0 Å². The zero-order chi connectivity index (χ0) is 24.6. The van der Waals surface area contributed by atoms with Gasteiger partial charge in [-0.15, -0.1) is 0 Å². The van der Waals surface area contributed by atoms with E-state index in [1.807, 2.05) is 84.6 Å². The minimum absolute atomic E-state index is 0.0732. The first-order valence-corrected chi connectivity index (χ1v) is 11.8. The maximum atomic E-state index is 13.3. The second-order valence-corrected chi connectivity index (χ2v) is 8.86. The van der Waals surface area contributed by atoms with Crippen molar-refractivity contribution in [2.45, 2.75) is 13.0 Å². The molecule has 0 unspecified atom stereocenters. The first kappa shape index (κ1) is 21.8. The number of aryl methyl sites for hydroxylation is 1. The number of hydrogen-bond donors (Lipinski definition) is 1. The standard InChI is InChI=1S/C30H23N3O3/c1-19-7-6-14-31-29(19)33-18-25-27(36-26-11-5-4-10-24(26)28(25)34)16-23(33)17-32-30(35)22-13-12-20-8-2-3-9-21(20)15-22/h2-16,18,27H,17H2,1H3,(H,32,35)/t27-/m0/s1. The smallest absolute Gasteiger partial charge is 0.251 e. The van der Waals surface area contributed by atoms with Gasteiger partial charge in [0.15, 0.2) is 5.78 Å². The molecule has 0 saturated carbocycles. The number of hydrogen-bond acceptors (Lipinski definition) is 5. The number of carbonyl (C=O) groups is 2. The number of Topliss-reactive ketones (excluding diaryl/α,β-unsaturated/α-hetero) is 1. The largest absolute Gasteiger partial charge is 0.481 e. The Morgan fingerprint density at radius 2 is 1.81 bits per heavy atom. The van der Waals surface area contributed by atoms with E-state index in [4.69, 9.17) is 4.74 Å². The molecule has 1 atom stereocenters. The summed E-state index contributed by atoms with van der Waals surface area (Å²) >= 11 is 0. The van der Waals surface area contributed by atoms with Crippen molar-refractivity contribution in [3.63, 3.8) is 0 Å². The normalized spacial score (nSPS) is 16.4. The number of rotatable bonds is 4. The van der Waals surface area contributed by atoms with Crippen LogP contribution in [0.3, 0.4) is 0 Å². The predicted molar refractivity (Wildman–Crippen MR) is 139 cm³/mol. The number of benzene rings is 3. The van der Waals surface area contributed by atoms with Gasteiger partial charge in [-0.2, -0.15) is 0 Å². The summed E-state index contributed by atoms with van der Waals surface area (Å²) in [4.78, 5) is 32.8. The van der Waals surface area contributed by atoms with Crippen molar-refractivity contribution in [3.8, 4) is 5.75 Å². The Balaban J connectivity index is 1.32. The number of para-hydroxylation sites is 1. The Bertz CT molecular complexity index is 1590. The fraction of sp³-hybridized carbons (Fsp3) is 0.100. The zero-order valence-corrected chi connectivity index (χ0v) is 19.6. The van der Waals surface area contributed by atoms with Crippen molar-refractivity contribution in [1.82, 2.24) is 10.3 Å². The highest BCUT2D eigenvalue weighted by Gasteiger charge is 2.35. The highest BCUT2D eigenvalue weighted by molar-refractivity contribution is 6.13. The van der Waals surface area contributed by atoms with E-state index >= 15 is 0 Å². The SMILES string of the molecule is Cc1cccnc1N1C=C2C(=O)c3ccccc3O[C@H]2C=C1CNC(=O)c1ccc2ccccc2c1. The van der Waals surface area contributed by atoms with Gasteiger partial charge in [0.2, 0.25) is 0 Å². The molecule has 2 aliphatic rings. The van der Waals surface area contributed by atoms with Crippen LogP contribution in [0.2, 0.25) is 0 Å². The van der Waals surface area contributed by atoms with Crippen molar-refractivity contribution in [1.29, 1.82) is 0 Å². The van der Waals surface area contributed by atoms with E-state index in [2.05, 4.69) is 10.3 Å². The summed E-state index contributed by atoms with van der Waals surface area (Å²) in [5.74, 6) is 1.00. The van der Waals surface area contributed by atoms with E-state index in [0.29, 0.717) is 28.3 Å². The highest BCUT2D eigenvalue weighted by Crippen LogP contribution is 2.36. The second-order valence-electron chi connectivity index (χ2n) is 8.86. The Labute approximate surface area is 208 Å². The molecule has 36 heavy (non-hydrogen) atoms. The summed E-state index contributed by atoms with van der Waals surface area (Å²) < 4.78 is 6.17. The van der Waals surface area contributed by atoms with Gasteiger partial charge in [-0.05, 0) is 59.7 Å². The van der Waals surface area contributed by atoms with Gasteiger partial charge in [0.05, 0.1) is 17.7 Å². The van der Waals surface area contributed by atoms with Crippen LogP contribution in [0.4, 0.5) is 5.82 Å². The molecule has 3 heterocycles. The lowest BCUT2D eigenvalue weighted by molar-refractivity contribution is 0.0951. The highest BCUT2D eigenvalue weighted by atomic mass is 16.5. The van der Waals surface area contributed by atoms with E-state index in [-0.39, 0.29) is 18.2 Å². The van der Waals surface area contributed by atoms with Crippen LogP contribution in [0, 0.1) is 6.92 Å². The third-order valence-corrected chi connectivity index (χ3v) is 6.53. The van der Waals surface area contributed by atoms with Gasteiger partial charge < -0.3 is 15.0 Å². The van der Waals surface area contributed by atoms with E-state index < -0.39 is 6.10 Å². The quantitative estimate of drug-likeness (QED) is 0.441. The van der Waals surface area contributed by atoms with E-state index in [0.717, 1.165) is 22.0 Å². The van der Waals surface area contributed by atoms with Gasteiger partial charge in [-0.1, -0.05) is 48.5 Å². The summed E-state index contributed by atoms with van der Waals surface area (Å²) in [6.45, 7) is 2.20. The third-order valence-electron chi connectivity index (χ3n) is 6.53. The molecule has 6 rings (SSSR count). The van der Waals surface area contributed by atoms with Gasteiger partial charge in [0, 0.05) is 23.7 Å². The van der Waals surface area contributed by atoms with E-state index in [9.17, 15) is 9.59 Å². The van der Waals surface area contributed by atoms with Crippen LogP contribution < -0.4 is 15.0 Å². The molecule has 0 fully saturated rings. The molecule has 6 heteroatoms. The zero-order valence-electron chi connectivity index (χ0n) is 19.6. The van der Waals surface area contributed by atoms with Crippen LogP contribution in [-0.4, -0.2) is 29.3 Å². The molecule has 4 aromatic rings. The van der Waals surface area contributed by atoms with Gasteiger partial charge >= 0.3 is 0 Å². The molecular weight excluding hydrogens is 450 g/mol. The molecule has 176 valence electrons. The maximum Gasteiger partial charge on any atom is 0.251 e. The minimum Gasteiger partial charge on any atom is -0.481 e. The summed E-state index contributed by atoms with van der Waals surface area (Å²) in [6, 6.07) is 24.7. The van der Waals surface area contributed by atoms with E-state index in [1.165, 1.54) is 0 Å². The average Bonchev–Trinajstić information content (AvgIpc) is 2.91. The van der Waals surface area contributed by atoms with Crippen molar-refractivity contribution in [2.24, 2.45) is 0 Å². The van der Waals surface area contributed by atoms with E-state index in [1.54, 1.807) is 24.5 Å². The molecule has 2 aliphatic heterocycles. The van der Waals surface area contributed by atoms with Crippen LogP contribution in [0.25, 0.3) is 10.8 Å². The topological polar surface area (TPSA) is 71.5 Å².